The molecule has 0 spiro atoms. The van der Waals surface area contributed by atoms with E-state index < -0.39 is 8.32 Å². The van der Waals surface area contributed by atoms with Gasteiger partial charge in [0.15, 0.2) is 5.76 Å². The van der Waals surface area contributed by atoms with Gasteiger partial charge in [-0.15, -0.1) is 0 Å². The Balaban J connectivity index is 5.06. The van der Waals surface area contributed by atoms with E-state index in [0.717, 1.165) is 12.3 Å². The Kier molecular flexibility index (Phi) is 7.40. The number of rotatable bonds is 8. The second-order valence-corrected chi connectivity index (χ2v) is 10.7. The average Bonchev–Trinajstić information content (AvgIpc) is 2.28. The van der Waals surface area contributed by atoms with Crippen LogP contribution >= 0.6 is 0 Å². The smallest absolute Gasteiger partial charge is 0.250 e. The van der Waals surface area contributed by atoms with Crippen molar-refractivity contribution in [3.05, 3.63) is 24.2 Å². The van der Waals surface area contributed by atoms with Crippen LogP contribution in [0.1, 0.15) is 27.7 Å². The van der Waals surface area contributed by atoms with E-state index in [9.17, 15) is 0 Å². The Morgan fingerprint density at radius 2 is 1.84 bits per heavy atom. The summed E-state index contributed by atoms with van der Waals surface area (Å²) in [7, 11) is -0.239. The maximum Gasteiger partial charge on any atom is 0.250 e. The first-order chi connectivity index (χ1) is 8.69. The Labute approximate surface area is 119 Å². The van der Waals surface area contributed by atoms with Crippen LogP contribution in [0.25, 0.3) is 0 Å². The van der Waals surface area contributed by atoms with E-state index in [1.807, 2.05) is 6.92 Å². The van der Waals surface area contributed by atoms with Gasteiger partial charge < -0.3 is 9.16 Å². The van der Waals surface area contributed by atoms with Gasteiger partial charge in [-0.1, -0.05) is 34.3 Å². The van der Waals surface area contributed by atoms with E-state index in [1.165, 1.54) is 0 Å². The summed E-state index contributed by atoms with van der Waals surface area (Å²) in [5, 5.41) is 0.149. The summed E-state index contributed by atoms with van der Waals surface area (Å²) in [4.78, 5) is 0. The molecule has 0 fully saturated rings. The van der Waals surface area contributed by atoms with E-state index in [2.05, 4.69) is 51.3 Å². The molecule has 0 saturated carbocycles. The van der Waals surface area contributed by atoms with Crippen LogP contribution in [0.2, 0.25) is 18.1 Å². The van der Waals surface area contributed by atoms with Crippen LogP contribution in [-0.4, -0.2) is 28.5 Å². The van der Waals surface area contributed by atoms with Crippen molar-refractivity contribution in [1.29, 1.82) is 0 Å². The van der Waals surface area contributed by atoms with E-state index >= 15 is 0 Å². The lowest BCUT2D eigenvalue weighted by Gasteiger charge is -2.37. The Hall–Kier alpha value is -0.783. The van der Waals surface area contributed by atoms with E-state index in [-0.39, 0.29) is 5.04 Å². The molecule has 0 saturated heterocycles. The zero-order valence-corrected chi connectivity index (χ0v) is 14.5. The van der Waals surface area contributed by atoms with Gasteiger partial charge in [0.25, 0.3) is 0 Å². The molecule has 0 amide bonds. The molecule has 0 aromatic rings. The summed E-state index contributed by atoms with van der Waals surface area (Å²) in [5.74, 6) is 1.50. The number of methoxy groups -OCH3 is 1. The third-order valence-corrected chi connectivity index (χ3v) is 7.78. The lowest BCUT2D eigenvalue weighted by Crippen LogP contribution is -2.43. The van der Waals surface area contributed by atoms with Gasteiger partial charge in [-0.05, 0) is 24.2 Å². The SMILES string of the molecule is C=C/C(OC)=C(/CNNCC)O[Si](C)(C)C(C)(C)C. The average molecular weight is 286 g/mol. The van der Waals surface area contributed by atoms with Crippen molar-refractivity contribution in [2.45, 2.75) is 45.8 Å². The van der Waals surface area contributed by atoms with Gasteiger partial charge in [-0.2, -0.15) is 0 Å². The molecule has 0 rings (SSSR count). The van der Waals surface area contributed by atoms with Crippen LogP contribution in [0.5, 0.6) is 0 Å². The monoisotopic (exact) mass is 286 g/mol. The summed E-state index contributed by atoms with van der Waals surface area (Å²) in [6.07, 6.45) is 1.69. The molecule has 0 aromatic heterocycles. The highest BCUT2D eigenvalue weighted by molar-refractivity contribution is 6.74. The van der Waals surface area contributed by atoms with Gasteiger partial charge in [0.2, 0.25) is 8.32 Å². The normalized spacial score (nSPS) is 13.8. The van der Waals surface area contributed by atoms with Crippen LogP contribution < -0.4 is 10.9 Å². The van der Waals surface area contributed by atoms with Crippen LogP contribution in [0.3, 0.4) is 0 Å². The number of hydrogen-bond acceptors (Lipinski definition) is 4. The zero-order chi connectivity index (χ0) is 15.1. The first-order valence-electron chi connectivity index (χ1n) is 6.74. The largest absolute Gasteiger partial charge is 0.543 e. The molecule has 0 bridgehead atoms. The highest BCUT2D eigenvalue weighted by Gasteiger charge is 2.39. The molecule has 112 valence electrons. The lowest BCUT2D eigenvalue weighted by atomic mass is 10.2. The Morgan fingerprint density at radius 3 is 2.21 bits per heavy atom. The first kappa shape index (κ1) is 18.2. The van der Waals surface area contributed by atoms with E-state index in [4.69, 9.17) is 9.16 Å². The van der Waals surface area contributed by atoms with Crippen molar-refractivity contribution in [1.82, 2.24) is 10.9 Å². The van der Waals surface area contributed by atoms with Gasteiger partial charge in [-0.3, -0.25) is 10.9 Å². The molecule has 0 radical (unpaired) electrons. The minimum Gasteiger partial charge on any atom is -0.543 e. The summed E-state index contributed by atoms with van der Waals surface area (Å²) < 4.78 is 11.7. The highest BCUT2D eigenvalue weighted by atomic mass is 28.4. The highest BCUT2D eigenvalue weighted by Crippen LogP contribution is 2.38. The molecular weight excluding hydrogens is 256 g/mol. The third kappa shape index (κ3) is 5.80. The fraction of sp³-hybridized carbons (Fsp3) is 0.714. The number of hydrogen-bond donors (Lipinski definition) is 2. The molecule has 0 atom stereocenters. The standard InChI is InChI=1S/C14H30N2O2Si/c1-9-12(17-6)13(11-16-15-10-2)18-19(7,8)14(3,4)5/h9,15-16H,1,10-11H2,2-8H3/b13-12+. The zero-order valence-electron chi connectivity index (χ0n) is 13.5. The molecule has 0 aliphatic heterocycles. The van der Waals surface area contributed by atoms with Crippen molar-refractivity contribution < 1.29 is 9.16 Å². The minimum absolute atomic E-state index is 0.149. The van der Waals surface area contributed by atoms with Gasteiger partial charge in [-0.25, -0.2) is 0 Å². The molecular formula is C14H30N2O2Si. The fourth-order valence-corrected chi connectivity index (χ4v) is 2.31. The van der Waals surface area contributed by atoms with Gasteiger partial charge in [0.05, 0.1) is 13.7 Å². The second kappa shape index (κ2) is 7.72. The van der Waals surface area contributed by atoms with Crippen molar-refractivity contribution >= 4 is 8.32 Å². The van der Waals surface area contributed by atoms with Crippen molar-refractivity contribution in [3.8, 4) is 0 Å². The number of ether oxygens (including phenoxy) is 1. The predicted molar refractivity (Wildman–Crippen MR) is 84.2 cm³/mol. The molecule has 5 heteroatoms. The maximum atomic E-state index is 6.31. The van der Waals surface area contributed by atoms with Crippen LogP contribution in [-0.2, 0) is 9.16 Å². The summed E-state index contributed by atoms with van der Waals surface area (Å²) in [5.41, 5.74) is 6.19. The molecule has 19 heavy (non-hydrogen) atoms. The van der Waals surface area contributed by atoms with Crippen molar-refractivity contribution in [3.63, 3.8) is 0 Å². The number of hydrazine groups is 1. The summed E-state index contributed by atoms with van der Waals surface area (Å²) in [6, 6.07) is 0. The summed E-state index contributed by atoms with van der Waals surface area (Å²) in [6.45, 7) is 18.3. The quantitative estimate of drug-likeness (QED) is 0.236. The van der Waals surface area contributed by atoms with Gasteiger partial charge in [0, 0.05) is 6.54 Å². The van der Waals surface area contributed by atoms with Crippen molar-refractivity contribution in [2.24, 2.45) is 0 Å². The van der Waals surface area contributed by atoms with Gasteiger partial charge in [0.1, 0.15) is 5.76 Å². The van der Waals surface area contributed by atoms with Gasteiger partial charge >= 0.3 is 0 Å². The first-order valence-corrected chi connectivity index (χ1v) is 9.64. The maximum absolute atomic E-state index is 6.31. The predicted octanol–water partition coefficient (Wildman–Crippen LogP) is 3.17. The Morgan fingerprint density at radius 1 is 1.26 bits per heavy atom. The number of nitrogens with one attached hydrogen (secondary N) is 2. The third-order valence-electron chi connectivity index (χ3n) is 3.42. The topological polar surface area (TPSA) is 42.5 Å². The molecule has 0 aliphatic carbocycles. The van der Waals surface area contributed by atoms with Crippen molar-refractivity contribution in [2.75, 3.05) is 20.2 Å². The molecule has 0 aliphatic rings. The Bertz CT molecular complexity index is 320. The summed E-state index contributed by atoms with van der Waals surface area (Å²) >= 11 is 0. The van der Waals surface area contributed by atoms with Crippen LogP contribution in [0, 0.1) is 0 Å². The molecule has 2 N–H and O–H groups in total. The van der Waals surface area contributed by atoms with E-state index in [0.29, 0.717) is 12.3 Å². The van der Waals surface area contributed by atoms with Crippen LogP contribution in [0.4, 0.5) is 0 Å². The van der Waals surface area contributed by atoms with E-state index in [1.54, 1.807) is 13.2 Å². The number of allylic oxidation sites excluding steroid dienone is 1. The fourth-order valence-electron chi connectivity index (χ4n) is 1.21. The molecule has 4 nitrogen and oxygen atoms in total. The molecule has 0 aromatic carbocycles. The minimum atomic E-state index is -1.88. The van der Waals surface area contributed by atoms with Crippen LogP contribution in [0.15, 0.2) is 24.2 Å². The molecule has 0 heterocycles. The second-order valence-electron chi connectivity index (χ2n) is 5.94. The lowest BCUT2D eigenvalue weighted by molar-refractivity contribution is 0.260. The molecule has 0 unspecified atom stereocenters.